The number of carbonyl (C=O) groups is 1. The van der Waals surface area contributed by atoms with Crippen LogP contribution in [-0.4, -0.2) is 23.9 Å². The van der Waals surface area contributed by atoms with E-state index in [-0.39, 0.29) is 11.3 Å². The molecule has 0 aromatic carbocycles. The quantitative estimate of drug-likeness (QED) is 0.614. The lowest BCUT2D eigenvalue weighted by Crippen LogP contribution is -2.41. The molecule has 0 unspecified atom stereocenters. The van der Waals surface area contributed by atoms with Gasteiger partial charge in [0, 0.05) is 19.5 Å². The topological polar surface area (TPSA) is 44.1 Å². The summed E-state index contributed by atoms with van der Waals surface area (Å²) in [4.78, 5) is 13.2. The van der Waals surface area contributed by atoms with Crippen LogP contribution >= 0.6 is 0 Å². The van der Waals surface area contributed by atoms with E-state index in [0.29, 0.717) is 6.42 Å². The number of hydrogen-bond acceptors (Lipinski definition) is 2. The molecule has 1 aliphatic heterocycles. The standard InChI is InChI=1S/C10H16N2O/c1-3-9(13)12-6-4-10(2,8-11)5-7-12/h3-7H2,1-2H3. The summed E-state index contributed by atoms with van der Waals surface area (Å²) in [5.74, 6) is 0.208. The molecule has 1 aliphatic rings. The summed E-state index contributed by atoms with van der Waals surface area (Å²) in [5.41, 5.74) is -0.204. The van der Waals surface area contributed by atoms with Gasteiger partial charge in [0.15, 0.2) is 0 Å². The molecule has 0 spiro atoms. The molecule has 0 radical (unpaired) electrons. The Labute approximate surface area is 79.3 Å². The molecule has 0 saturated carbocycles. The first-order chi connectivity index (χ1) is 6.11. The van der Waals surface area contributed by atoms with E-state index in [1.165, 1.54) is 0 Å². The minimum atomic E-state index is -0.204. The van der Waals surface area contributed by atoms with E-state index in [9.17, 15) is 4.79 Å². The van der Waals surface area contributed by atoms with Crippen LogP contribution in [0.25, 0.3) is 0 Å². The second-order valence-corrected chi connectivity index (χ2v) is 3.91. The van der Waals surface area contributed by atoms with Crippen molar-refractivity contribution in [3.8, 4) is 6.07 Å². The van der Waals surface area contributed by atoms with Crippen LogP contribution in [0.4, 0.5) is 0 Å². The van der Waals surface area contributed by atoms with E-state index in [2.05, 4.69) is 6.07 Å². The fourth-order valence-corrected chi connectivity index (χ4v) is 1.59. The highest BCUT2D eigenvalue weighted by atomic mass is 16.2. The molecule has 3 nitrogen and oxygen atoms in total. The highest BCUT2D eigenvalue weighted by Gasteiger charge is 2.30. The van der Waals surface area contributed by atoms with E-state index in [1.54, 1.807) is 0 Å². The SMILES string of the molecule is CCC(=O)N1CCC(C)(C#N)CC1. The highest BCUT2D eigenvalue weighted by molar-refractivity contribution is 5.75. The first kappa shape index (κ1) is 10.0. The van der Waals surface area contributed by atoms with Crippen molar-refractivity contribution in [3.63, 3.8) is 0 Å². The third-order valence-electron chi connectivity index (χ3n) is 2.79. The number of piperidine rings is 1. The Balaban J connectivity index is 2.49. The van der Waals surface area contributed by atoms with E-state index in [4.69, 9.17) is 5.26 Å². The van der Waals surface area contributed by atoms with Crippen LogP contribution in [0, 0.1) is 16.7 Å². The third-order valence-corrected chi connectivity index (χ3v) is 2.79. The van der Waals surface area contributed by atoms with Crippen molar-refractivity contribution < 1.29 is 4.79 Å². The Bertz CT molecular complexity index is 234. The van der Waals surface area contributed by atoms with Crippen LogP contribution in [0.3, 0.4) is 0 Å². The molecule has 0 atom stereocenters. The molecular formula is C10H16N2O. The largest absolute Gasteiger partial charge is 0.343 e. The van der Waals surface area contributed by atoms with Crippen molar-refractivity contribution in [1.82, 2.24) is 4.90 Å². The second kappa shape index (κ2) is 3.78. The monoisotopic (exact) mass is 180 g/mol. The molecule has 72 valence electrons. The van der Waals surface area contributed by atoms with Gasteiger partial charge in [0.25, 0.3) is 0 Å². The summed E-state index contributed by atoms with van der Waals surface area (Å²) in [6.07, 6.45) is 2.20. The lowest BCUT2D eigenvalue weighted by atomic mass is 9.82. The van der Waals surface area contributed by atoms with Gasteiger partial charge in [-0.25, -0.2) is 0 Å². The van der Waals surface area contributed by atoms with Gasteiger partial charge in [0.05, 0.1) is 11.5 Å². The maximum Gasteiger partial charge on any atom is 0.222 e. The minimum Gasteiger partial charge on any atom is -0.343 e. The Hall–Kier alpha value is -1.04. The zero-order chi connectivity index (χ0) is 9.90. The zero-order valence-electron chi connectivity index (χ0n) is 8.34. The molecule has 0 aliphatic carbocycles. The van der Waals surface area contributed by atoms with Crippen molar-refractivity contribution >= 4 is 5.91 Å². The van der Waals surface area contributed by atoms with Crippen LogP contribution in [0.5, 0.6) is 0 Å². The van der Waals surface area contributed by atoms with Crippen LogP contribution in [0.2, 0.25) is 0 Å². The molecule has 0 aromatic heterocycles. The van der Waals surface area contributed by atoms with Gasteiger partial charge in [-0.05, 0) is 19.8 Å². The predicted molar refractivity (Wildman–Crippen MR) is 49.8 cm³/mol. The molecule has 0 bridgehead atoms. The molecule has 0 aromatic rings. The maximum absolute atomic E-state index is 11.3. The lowest BCUT2D eigenvalue weighted by Gasteiger charge is -2.34. The summed E-state index contributed by atoms with van der Waals surface area (Å²) >= 11 is 0. The maximum atomic E-state index is 11.3. The average molecular weight is 180 g/mol. The molecule has 1 rings (SSSR count). The van der Waals surface area contributed by atoms with Crippen molar-refractivity contribution in [2.24, 2.45) is 5.41 Å². The van der Waals surface area contributed by atoms with Gasteiger partial charge in [-0.15, -0.1) is 0 Å². The number of rotatable bonds is 1. The normalized spacial score (nSPS) is 20.8. The average Bonchev–Trinajstić information content (AvgIpc) is 2.18. The number of amides is 1. The predicted octanol–water partition coefficient (Wildman–Crippen LogP) is 1.55. The summed E-state index contributed by atoms with van der Waals surface area (Å²) in [7, 11) is 0. The second-order valence-electron chi connectivity index (χ2n) is 3.91. The summed E-state index contributed by atoms with van der Waals surface area (Å²) in [6, 6.07) is 2.32. The number of hydrogen-bond donors (Lipinski definition) is 0. The van der Waals surface area contributed by atoms with Crippen molar-refractivity contribution in [1.29, 1.82) is 5.26 Å². The zero-order valence-corrected chi connectivity index (χ0v) is 8.34. The van der Waals surface area contributed by atoms with Gasteiger partial charge < -0.3 is 4.90 Å². The number of nitriles is 1. The highest BCUT2D eigenvalue weighted by Crippen LogP contribution is 2.29. The summed E-state index contributed by atoms with van der Waals surface area (Å²) in [5, 5.41) is 8.88. The molecular weight excluding hydrogens is 164 g/mol. The molecule has 1 saturated heterocycles. The Morgan fingerprint density at radius 3 is 2.46 bits per heavy atom. The Morgan fingerprint density at radius 2 is 2.08 bits per heavy atom. The van der Waals surface area contributed by atoms with Crippen molar-refractivity contribution in [2.45, 2.75) is 33.1 Å². The van der Waals surface area contributed by atoms with E-state index in [0.717, 1.165) is 25.9 Å². The number of nitrogens with zero attached hydrogens (tertiary/aromatic N) is 2. The van der Waals surface area contributed by atoms with Gasteiger partial charge in [0.1, 0.15) is 0 Å². The molecule has 13 heavy (non-hydrogen) atoms. The molecule has 1 heterocycles. The van der Waals surface area contributed by atoms with Gasteiger partial charge in [-0.3, -0.25) is 4.79 Å². The molecule has 0 N–H and O–H groups in total. The van der Waals surface area contributed by atoms with Crippen molar-refractivity contribution in [2.75, 3.05) is 13.1 Å². The first-order valence-corrected chi connectivity index (χ1v) is 4.80. The minimum absolute atomic E-state index is 0.204. The molecule has 1 amide bonds. The lowest BCUT2D eigenvalue weighted by molar-refractivity contribution is -0.132. The van der Waals surface area contributed by atoms with Gasteiger partial charge in [0.2, 0.25) is 5.91 Å². The fraction of sp³-hybridized carbons (Fsp3) is 0.800. The molecule has 3 heteroatoms. The summed E-state index contributed by atoms with van der Waals surface area (Å²) in [6.45, 7) is 5.34. The van der Waals surface area contributed by atoms with Crippen LogP contribution in [0.15, 0.2) is 0 Å². The third kappa shape index (κ3) is 2.21. The van der Waals surface area contributed by atoms with Crippen LogP contribution < -0.4 is 0 Å². The number of carbonyl (C=O) groups excluding carboxylic acids is 1. The Kier molecular flexibility index (Phi) is 2.92. The van der Waals surface area contributed by atoms with E-state index in [1.807, 2.05) is 18.7 Å². The van der Waals surface area contributed by atoms with E-state index < -0.39 is 0 Å². The van der Waals surface area contributed by atoms with Crippen LogP contribution in [0.1, 0.15) is 33.1 Å². The van der Waals surface area contributed by atoms with Crippen molar-refractivity contribution in [3.05, 3.63) is 0 Å². The first-order valence-electron chi connectivity index (χ1n) is 4.80. The smallest absolute Gasteiger partial charge is 0.222 e. The van der Waals surface area contributed by atoms with Gasteiger partial charge in [-0.2, -0.15) is 5.26 Å². The Morgan fingerprint density at radius 1 is 1.54 bits per heavy atom. The van der Waals surface area contributed by atoms with Crippen LogP contribution in [-0.2, 0) is 4.79 Å². The van der Waals surface area contributed by atoms with Gasteiger partial charge in [-0.1, -0.05) is 6.92 Å². The summed E-state index contributed by atoms with van der Waals surface area (Å²) < 4.78 is 0. The fourth-order valence-electron chi connectivity index (χ4n) is 1.59. The van der Waals surface area contributed by atoms with Gasteiger partial charge >= 0.3 is 0 Å². The number of likely N-dealkylation sites (tertiary alicyclic amines) is 1. The van der Waals surface area contributed by atoms with E-state index >= 15 is 0 Å². The molecule has 1 fully saturated rings.